The van der Waals surface area contributed by atoms with Crippen LogP contribution in [0, 0.1) is 6.92 Å². The summed E-state index contributed by atoms with van der Waals surface area (Å²) in [4.78, 5) is 7.08. The van der Waals surface area contributed by atoms with Crippen LogP contribution in [0.4, 0.5) is 5.69 Å². The van der Waals surface area contributed by atoms with Gasteiger partial charge < -0.3 is 4.90 Å². The molecule has 0 N–H and O–H groups in total. The molecular formula is C22H24N2. The third-order valence-corrected chi connectivity index (χ3v) is 4.41. The summed E-state index contributed by atoms with van der Waals surface area (Å²) < 4.78 is 0. The minimum Gasteiger partial charge on any atom is -0.372 e. The maximum Gasteiger partial charge on any atom is 0.0711 e. The van der Waals surface area contributed by atoms with E-state index in [1.807, 2.05) is 6.07 Å². The van der Waals surface area contributed by atoms with Gasteiger partial charge in [0.15, 0.2) is 0 Å². The molecule has 1 aromatic heterocycles. The van der Waals surface area contributed by atoms with E-state index in [4.69, 9.17) is 4.98 Å². The molecule has 3 rings (SSSR count). The second-order valence-corrected chi connectivity index (χ2v) is 5.98. The van der Waals surface area contributed by atoms with E-state index in [9.17, 15) is 0 Å². The molecule has 3 aromatic rings. The smallest absolute Gasteiger partial charge is 0.0711 e. The van der Waals surface area contributed by atoms with Crippen LogP contribution in [0.3, 0.4) is 0 Å². The Morgan fingerprint density at radius 3 is 2.33 bits per heavy atom. The molecule has 0 saturated heterocycles. The van der Waals surface area contributed by atoms with Crippen molar-refractivity contribution in [2.75, 3.05) is 18.0 Å². The number of benzene rings is 2. The van der Waals surface area contributed by atoms with Crippen LogP contribution in [0.15, 0.2) is 54.6 Å². The van der Waals surface area contributed by atoms with E-state index in [0.29, 0.717) is 0 Å². The summed E-state index contributed by atoms with van der Waals surface area (Å²) in [6, 6.07) is 19.1. The lowest BCUT2D eigenvalue weighted by Gasteiger charge is -2.20. The van der Waals surface area contributed by atoms with Gasteiger partial charge in [-0.25, -0.2) is 4.98 Å². The van der Waals surface area contributed by atoms with Crippen molar-refractivity contribution in [1.29, 1.82) is 0 Å². The summed E-state index contributed by atoms with van der Waals surface area (Å²) in [6.45, 7) is 8.58. The summed E-state index contributed by atoms with van der Waals surface area (Å²) in [7, 11) is 0. The molecule has 1 heterocycles. The molecular weight excluding hydrogens is 292 g/mol. The van der Waals surface area contributed by atoms with E-state index < -0.39 is 0 Å². The highest BCUT2D eigenvalue weighted by Gasteiger charge is 2.01. The number of aromatic nitrogens is 1. The van der Waals surface area contributed by atoms with Crippen molar-refractivity contribution < 1.29 is 0 Å². The monoisotopic (exact) mass is 316 g/mol. The van der Waals surface area contributed by atoms with Crippen LogP contribution in [0.2, 0.25) is 0 Å². The van der Waals surface area contributed by atoms with E-state index in [0.717, 1.165) is 24.3 Å². The third-order valence-electron chi connectivity index (χ3n) is 4.41. The van der Waals surface area contributed by atoms with Crippen LogP contribution in [0.5, 0.6) is 0 Å². The number of aryl methyl sites for hydroxylation is 1. The highest BCUT2D eigenvalue weighted by atomic mass is 15.1. The Kier molecular flexibility index (Phi) is 4.95. The fourth-order valence-electron chi connectivity index (χ4n) is 3.03. The second-order valence-electron chi connectivity index (χ2n) is 5.98. The van der Waals surface area contributed by atoms with E-state index in [2.05, 4.69) is 86.4 Å². The quantitative estimate of drug-likeness (QED) is 0.612. The Morgan fingerprint density at radius 2 is 1.62 bits per heavy atom. The highest BCUT2D eigenvalue weighted by molar-refractivity contribution is 5.84. The number of rotatable bonds is 5. The van der Waals surface area contributed by atoms with Crippen molar-refractivity contribution in [2.45, 2.75) is 20.8 Å². The zero-order chi connectivity index (χ0) is 16.9. The standard InChI is InChI=1S/C22H24N2/c1-4-24(5-2)20-14-11-18(12-15-20)10-13-19-16-17(3)21-8-6-7-9-22(21)23-19/h6-16H,4-5H2,1-3H3/b13-10-. The van der Waals surface area contributed by atoms with Gasteiger partial charge in [-0.1, -0.05) is 36.4 Å². The lowest BCUT2D eigenvalue weighted by molar-refractivity contribution is 0.866. The predicted octanol–water partition coefficient (Wildman–Crippen LogP) is 5.56. The van der Waals surface area contributed by atoms with Gasteiger partial charge in [-0.3, -0.25) is 0 Å². The summed E-state index contributed by atoms with van der Waals surface area (Å²) in [5.41, 5.74) is 5.78. The Morgan fingerprint density at radius 1 is 0.917 bits per heavy atom. The van der Waals surface area contributed by atoms with Crippen LogP contribution in [-0.2, 0) is 0 Å². The Balaban J connectivity index is 1.83. The maximum atomic E-state index is 4.73. The maximum absolute atomic E-state index is 4.73. The molecule has 0 radical (unpaired) electrons. The van der Waals surface area contributed by atoms with E-state index in [1.165, 1.54) is 22.2 Å². The summed E-state index contributed by atoms with van der Waals surface area (Å²) in [5.74, 6) is 0. The Hall–Kier alpha value is -2.61. The number of nitrogens with zero attached hydrogens (tertiary/aromatic N) is 2. The largest absolute Gasteiger partial charge is 0.372 e. The first-order valence-electron chi connectivity index (χ1n) is 8.60. The first kappa shape index (κ1) is 16.3. The topological polar surface area (TPSA) is 16.1 Å². The van der Waals surface area contributed by atoms with Crippen molar-refractivity contribution in [3.05, 3.63) is 71.4 Å². The van der Waals surface area contributed by atoms with Crippen molar-refractivity contribution in [2.24, 2.45) is 0 Å². The normalized spacial score (nSPS) is 11.3. The lowest BCUT2D eigenvalue weighted by atomic mass is 10.1. The fraction of sp³-hybridized carbons (Fsp3) is 0.227. The molecule has 0 aliphatic rings. The number of para-hydroxylation sites is 1. The number of hydrogen-bond acceptors (Lipinski definition) is 2. The molecule has 2 heteroatoms. The number of pyridine rings is 1. The zero-order valence-corrected chi connectivity index (χ0v) is 14.7. The minimum atomic E-state index is 0.999. The fourth-order valence-corrected chi connectivity index (χ4v) is 3.03. The molecule has 0 aliphatic heterocycles. The van der Waals surface area contributed by atoms with Crippen LogP contribution >= 0.6 is 0 Å². The molecule has 0 amide bonds. The lowest BCUT2D eigenvalue weighted by Crippen LogP contribution is -2.21. The average Bonchev–Trinajstić information content (AvgIpc) is 2.62. The van der Waals surface area contributed by atoms with Gasteiger partial charge in [0.1, 0.15) is 0 Å². The van der Waals surface area contributed by atoms with Gasteiger partial charge in [-0.15, -0.1) is 0 Å². The van der Waals surface area contributed by atoms with Gasteiger partial charge in [0, 0.05) is 24.2 Å². The summed E-state index contributed by atoms with van der Waals surface area (Å²) in [6.07, 6.45) is 4.22. The van der Waals surface area contributed by atoms with E-state index >= 15 is 0 Å². The molecule has 0 fully saturated rings. The molecule has 2 aromatic carbocycles. The van der Waals surface area contributed by atoms with Gasteiger partial charge in [-0.2, -0.15) is 0 Å². The van der Waals surface area contributed by atoms with Gasteiger partial charge >= 0.3 is 0 Å². The molecule has 0 atom stereocenters. The van der Waals surface area contributed by atoms with Crippen molar-refractivity contribution in [1.82, 2.24) is 4.98 Å². The zero-order valence-electron chi connectivity index (χ0n) is 14.7. The number of anilines is 1. The van der Waals surface area contributed by atoms with Crippen molar-refractivity contribution in [3.63, 3.8) is 0 Å². The number of fused-ring (bicyclic) bond motifs is 1. The molecule has 0 aliphatic carbocycles. The summed E-state index contributed by atoms with van der Waals surface area (Å²) >= 11 is 0. The van der Waals surface area contributed by atoms with E-state index in [1.54, 1.807) is 0 Å². The Bertz CT molecular complexity index is 843. The molecule has 24 heavy (non-hydrogen) atoms. The molecule has 0 spiro atoms. The van der Waals surface area contributed by atoms with Crippen molar-refractivity contribution in [3.8, 4) is 0 Å². The van der Waals surface area contributed by atoms with Gasteiger partial charge in [-0.05, 0) is 62.2 Å². The van der Waals surface area contributed by atoms with E-state index in [-0.39, 0.29) is 0 Å². The molecule has 0 saturated carbocycles. The first-order chi connectivity index (χ1) is 11.7. The van der Waals surface area contributed by atoms with Gasteiger partial charge in [0.25, 0.3) is 0 Å². The van der Waals surface area contributed by atoms with Crippen LogP contribution < -0.4 is 4.90 Å². The number of hydrogen-bond donors (Lipinski definition) is 0. The highest BCUT2D eigenvalue weighted by Crippen LogP contribution is 2.20. The van der Waals surface area contributed by atoms with Crippen LogP contribution in [0.1, 0.15) is 30.7 Å². The Labute approximate surface area is 144 Å². The van der Waals surface area contributed by atoms with Gasteiger partial charge in [0.2, 0.25) is 0 Å². The average molecular weight is 316 g/mol. The molecule has 122 valence electrons. The minimum absolute atomic E-state index is 0.999. The summed E-state index contributed by atoms with van der Waals surface area (Å²) in [5, 5.41) is 1.22. The van der Waals surface area contributed by atoms with Gasteiger partial charge in [0.05, 0.1) is 11.2 Å². The predicted molar refractivity (Wildman–Crippen MR) is 105 cm³/mol. The second kappa shape index (κ2) is 7.31. The van der Waals surface area contributed by atoms with Crippen molar-refractivity contribution >= 4 is 28.7 Å². The SMILES string of the molecule is CCN(CC)c1ccc(/C=C\c2cc(C)c3ccccc3n2)cc1. The third kappa shape index (κ3) is 3.48. The molecule has 0 bridgehead atoms. The van der Waals surface area contributed by atoms with Crippen LogP contribution in [0.25, 0.3) is 23.1 Å². The first-order valence-corrected chi connectivity index (χ1v) is 8.60. The molecule has 2 nitrogen and oxygen atoms in total. The van der Waals surface area contributed by atoms with Crippen LogP contribution in [-0.4, -0.2) is 18.1 Å². The molecule has 0 unspecified atom stereocenters.